The van der Waals surface area contributed by atoms with Gasteiger partial charge >= 0.3 is 0 Å². The smallest absolute Gasteiger partial charge is 0.169 e. The number of β-amino-alcohol motifs (C(OH)–C–C–N with tert-alkyl or cyclic N) is 1. The largest absolute Gasteiger partial charge is 0.488 e. The summed E-state index contributed by atoms with van der Waals surface area (Å²) in [6, 6.07) is 9.13. The third kappa shape index (κ3) is 4.36. The highest BCUT2D eigenvalue weighted by atomic mass is 35.5. The lowest BCUT2D eigenvalue weighted by molar-refractivity contribution is -0.0274. The second-order valence-corrected chi connectivity index (χ2v) is 7.42. The van der Waals surface area contributed by atoms with Crippen molar-refractivity contribution < 1.29 is 14.6 Å². The zero-order valence-corrected chi connectivity index (χ0v) is 15.0. The molecule has 2 aromatic rings. The average molecular weight is 366 g/mol. The number of benzene rings is 1. The number of nitrogens with zero attached hydrogens (tertiary/aromatic N) is 1. The molecule has 0 unspecified atom stereocenters. The Balaban J connectivity index is 1.54. The molecule has 1 fully saturated rings. The van der Waals surface area contributed by atoms with Gasteiger partial charge in [0.2, 0.25) is 0 Å². The van der Waals surface area contributed by atoms with Gasteiger partial charge in [-0.05, 0) is 54.6 Å². The predicted molar refractivity (Wildman–Crippen MR) is 96.1 cm³/mol. The first-order chi connectivity index (χ1) is 11.5. The maximum atomic E-state index is 11.4. The summed E-state index contributed by atoms with van der Waals surface area (Å²) in [4.78, 5) is 14.3. The van der Waals surface area contributed by atoms with E-state index >= 15 is 0 Å². The standard InChI is InChI=1S/C18H20ClNO3S/c1-12(21)18-8-13(11-24-18)9-20-7-6-17(16(22)10-20)23-15-4-2-14(19)3-5-15/h2-5,8,11,16-17,22H,6-7,9-10H2,1H3/t16-,17-/m1/s1. The Hall–Kier alpha value is -1.40. The molecule has 3 rings (SSSR count). The van der Waals surface area contributed by atoms with E-state index in [4.69, 9.17) is 16.3 Å². The molecule has 6 heteroatoms. The van der Waals surface area contributed by atoms with Crippen LogP contribution in [0.5, 0.6) is 5.75 Å². The second kappa shape index (κ2) is 7.66. The van der Waals surface area contributed by atoms with E-state index in [2.05, 4.69) is 4.90 Å². The van der Waals surface area contributed by atoms with Crippen LogP contribution in [0.3, 0.4) is 0 Å². The summed E-state index contributed by atoms with van der Waals surface area (Å²) in [7, 11) is 0. The SMILES string of the molecule is CC(=O)c1cc(CN2CC[C@@H](Oc3ccc(Cl)cc3)[C@H](O)C2)cs1. The highest BCUT2D eigenvalue weighted by Gasteiger charge is 2.29. The summed E-state index contributed by atoms with van der Waals surface area (Å²) in [5.74, 6) is 0.821. The van der Waals surface area contributed by atoms with Crippen LogP contribution in [0.2, 0.25) is 5.02 Å². The number of ether oxygens (including phenoxy) is 1. The van der Waals surface area contributed by atoms with Gasteiger partial charge in [-0.15, -0.1) is 11.3 Å². The van der Waals surface area contributed by atoms with E-state index < -0.39 is 6.10 Å². The fourth-order valence-corrected chi connectivity index (χ4v) is 3.78. The number of aliphatic hydroxyl groups is 1. The quantitative estimate of drug-likeness (QED) is 0.822. The lowest BCUT2D eigenvalue weighted by atomic mass is 10.0. The molecule has 4 nitrogen and oxygen atoms in total. The van der Waals surface area contributed by atoms with E-state index in [1.54, 1.807) is 19.1 Å². The number of halogens is 1. The Bertz CT molecular complexity index is 701. The minimum Gasteiger partial charge on any atom is -0.488 e. The van der Waals surface area contributed by atoms with E-state index in [-0.39, 0.29) is 11.9 Å². The molecule has 128 valence electrons. The minimum absolute atomic E-state index is 0.0985. The highest BCUT2D eigenvalue weighted by molar-refractivity contribution is 7.12. The highest BCUT2D eigenvalue weighted by Crippen LogP contribution is 2.23. The summed E-state index contributed by atoms with van der Waals surface area (Å²) in [5, 5.41) is 13.1. The summed E-state index contributed by atoms with van der Waals surface area (Å²) in [6.07, 6.45) is 0.00560. The molecular formula is C18H20ClNO3S. The Kier molecular flexibility index (Phi) is 5.56. The van der Waals surface area contributed by atoms with Crippen LogP contribution in [0.4, 0.5) is 0 Å². The Labute approximate surface area is 150 Å². The Morgan fingerprint density at radius 3 is 2.79 bits per heavy atom. The monoisotopic (exact) mass is 365 g/mol. The van der Waals surface area contributed by atoms with E-state index in [9.17, 15) is 9.90 Å². The van der Waals surface area contributed by atoms with Gasteiger partial charge in [-0.3, -0.25) is 9.69 Å². The molecule has 0 spiro atoms. The van der Waals surface area contributed by atoms with Gasteiger partial charge in [-0.25, -0.2) is 0 Å². The number of hydrogen-bond donors (Lipinski definition) is 1. The van der Waals surface area contributed by atoms with Crippen LogP contribution in [-0.4, -0.2) is 41.1 Å². The van der Waals surface area contributed by atoms with E-state index in [1.165, 1.54) is 11.3 Å². The zero-order chi connectivity index (χ0) is 17.1. The molecule has 0 bridgehead atoms. The Morgan fingerprint density at radius 2 is 2.17 bits per heavy atom. The molecule has 1 aliphatic heterocycles. The molecule has 2 atom stereocenters. The number of hydrogen-bond acceptors (Lipinski definition) is 5. The first kappa shape index (κ1) is 17.4. The fraction of sp³-hybridized carbons (Fsp3) is 0.389. The summed E-state index contributed by atoms with van der Waals surface area (Å²) in [6.45, 7) is 3.73. The summed E-state index contributed by atoms with van der Waals surface area (Å²) >= 11 is 7.34. The Morgan fingerprint density at radius 1 is 1.42 bits per heavy atom. The number of piperidine rings is 1. The molecule has 2 heterocycles. The lowest BCUT2D eigenvalue weighted by Crippen LogP contribution is -2.48. The first-order valence-electron chi connectivity index (χ1n) is 7.92. The van der Waals surface area contributed by atoms with Crippen molar-refractivity contribution in [3.05, 3.63) is 51.2 Å². The number of Topliss-reactive ketones (excluding diaryl/α,β-unsaturated/α-hetero) is 1. The van der Waals surface area contributed by atoms with Gasteiger partial charge in [0.1, 0.15) is 18.0 Å². The number of thiophene rings is 1. The van der Waals surface area contributed by atoms with Crippen LogP contribution in [0.15, 0.2) is 35.7 Å². The summed E-state index contributed by atoms with van der Waals surface area (Å²) in [5.41, 5.74) is 1.12. The molecule has 24 heavy (non-hydrogen) atoms. The van der Waals surface area contributed by atoms with Crippen molar-refractivity contribution in [3.63, 3.8) is 0 Å². The molecule has 0 radical (unpaired) electrons. The topological polar surface area (TPSA) is 49.8 Å². The van der Waals surface area contributed by atoms with Crippen LogP contribution in [0.25, 0.3) is 0 Å². The van der Waals surface area contributed by atoms with Crippen molar-refractivity contribution in [3.8, 4) is 5.75 Å². The van der Waals surface area contributed by atoms with Crippen LogP contribution < -0.4 is 4.74 Å². The van der Waals surface area contributed by atoms with E-state index in [0.717, 1.165) is 35.7 Å². The van der Waals surface area contributed by atoms with Crippen LogP contribution in [0, 0.1) is 0 Å². The van der Waals surface area contributed by atoms with Crippen LogP contribution >= 0.6 is 22.9 Å². The van der Waals surface area contributed by atoms with Gasteiger partial charge in [0.25, 0.3) is 0 Å². The fourth-order valence-electron chi connectivity index (χ4n) is 2.85. The van der Waals surface area contributed by atoms with Crippen molar-refractivity contribution in [2.24, 2.45) is 0 Å². The molecule has 0 saturated carbocycles. The molecule has 1 saturated heterocycles. The molecule has 0 aliphatic carbocycles. The maximum absolute atomic E-state index is 11.4. The van der Waals surface area contributed by atoms with E-state index in [1.807, 2.05) is 23.6 Å². The maximum Gasteiger partial charge on any atom is 0.169 e. The van der Waals surface area contributed by atoms with Gasteiger partial charge in [0.15, 0.2) is 5.78 Å². The first-order valence-corrected chi connectivity index (χ1v) is 9.18. The van der Waals surface area contributed by atoms with Crippen molar-refractivity contribution in [2.45, 2.75) is 32.1 Å². The van der Waals surface area contributed by atoms with Gasteiger partial charge in [-0.1, -0.05) is 11.6 Å². The van der Waals surface area contributed by atoms with Crippen molar-refractivity contribution >= 4 is 28.7 Å². The minimum atomic E-state index is -0.541. The number of aliphatic hydroxyl groups excluding tert-OH is 1. The number of carbonyl (C=O) groups is 1. The molecule has 1 aromatic heterocycles. The molecule has 0 amide bonds. The van der Waals surface area contributed by atoms with Crippen molar-refractivity contribution in [2.75, 3.05) is 13.1 Å². The van der Waals surface area contributed by atoms with Gasteiger partial charge in [0, 0.05) is 24.7 Å². The average Bonchev–Trinajstić information content (AvgIpc) is 3.01. The normalized spacial score (nSPS) is 21.6. The molecular weight excluding hydrogens is 346 g/mol. The predicted octanol–water partition coefficient (Wildman–Crippen LogP) is 3.62. The van der Waals surface area contributed by atoms with Gasteiger partial charge in [-0.2, -0.15) is 0 Å². The van der Waals surface area contributed by atoms with Crippen LogP contribution in [0.1, 0.15) is 28.6 Å². The van der Waals surface area contributed by atoms with Crippen molar-refractivity contribution in [1.82, 2.24) is 4.90 Å². The third-order valence-corrected chi connectivity index (χ3v) is 5.44. The van der Waals surface area contributed by atoms with Crippen molar-refractivity contribution in [1.29, 1.82) is 0 Å². The number of ketones is 1. The zero-order valence-electron chi connectivity index (χ0n) is 13.4. The second-order valence-electron chi connectivity index (χ2n) is 6.08. The van der Waals surface area contributed by atoms with Gasteiger partial charge in [0.05, 0.1) is 4.88 Å². The third-order valence-electron chi connectivity index (χ3n) is 4.11. The van der Waals surface area contributed by atoms with E-state index in [0.29, 0.717) is 11.6 Å². The number of carbonyl (C=O) groups excluding carboxylic acids is 1. The lowest BCUT2D eigenvalue weighted by Gasteiger charge is -2.35. The molecule has 1 aromatic carbocycles. The number of likely N-dealkylation sites (tertiary alicyclic amines) is 1. The molecule has 1 aliphatic rings. The van der Waals surface area contributed by atoms with Gasteiger partial charge < -0.3 is 9.84 Å². The molecule has 1 N–H and O–H groups in total. The summed E-state index contributed by atoms with van der Waals surface area (Å²) < 4.78 is 5.88. The van der Waals surface area contributed by atoms with Crippen LogP contribution in [-0.2, 0) is 6.54 Å². The number of rotatable bonds is 5.